The van der Waals surface area contributed by atoms with E-state index in [1.165, 1.54) is 6.92 Å². The minimum Gasteiger partial charge on any atom is -0.746 e. The van der Waals surface area contributed by atoms with Crippen molar-refractivity contribution in [1.29, 1.82) is 0 Å². The Morgan fingerprint density at radius 2 is 2.24 bits per heavy atom. The zero-order chi connectivity index (χ0) is 12.4. The van der Waals surface area contributed by atoms with E-state index in [0.717, 1.165) is 0 Å². The van der Waals surface area contributed by atoms with Gasteiger partial charge in [0, 0.05) is 6.42 Å². The summed E-state index contributed by atoms with van der Waals surface area (Å²) >= 11 is 0. The maximum Gasteiger partial charge on any atom is 1.00 e. The Morgan fingerprint density at radius 3 is 2.71 bits per heavy atom. The zero-order valence-corrected chi connectivity index (χ0v) is 12.5. The second-order valence-electron chi connectivity index (χ2n) is 3.43. The molecule has 1 saturated heterocycles. The molecule has 0 saturated carbocycles. The van der Waals surface area contributed by atoms with Crippen molar-refractivity contribution in [3.05, 3.63) is 0 Å². The molecule has 2 atom stereocenters. The molecule has 1 heterocycles. The summed E-state index contributed by atoms with van der Waals surface area (Å²) in [5.41, 5.74) is 0. The van der Waals surface area contributed by atoms with E-state index in [2.05, 4.69) is 4.74 Å². The Kier molecular flexibility index (Phi) is 6.58. The van der Waals surface area contributed by atoms with Gasteiger partial charge in [0.2, 0.25) is 0 Å². The minimum atomic E-state index is -5.01. The van der Waals surface area contributed by atoms with Crippen molar-refractivity contribution in [2.75, 3.05) is 19.8 Å². The number of esters is 1. The van der Waals surface area contributed by atoms with Crippen LogP contribution in [0.5, 0.6) is 0 Å². The van der Waals surface area contributed by atoms with Gasteiger partial charge < -0.3 is 19.1 Å². The third-order valence-electron chi connectivity index (χ3n) is 2.44. The first-order chi connectivity index (χ1) is 7.33. The maximum atomic E-state index is 11.4. The van der Waals surface area contributed by atoms with Gasteiger partial charge in [-0.2, -0.15) is 0 Å². The fourth-order valence-electron chi connectivity index (χ4n) is 1.52. The third kappa shape index (κ3) is 3.63. The van der Waals surface area contributed by atoms with E-state index >= 15 is 0 Å². The van der Waals surface area contributed by atoms with E-state index in [-0.39, 0.29) is 49.4 Å². The number of carbonyl (C=O) groups excluding carboxylic acids is 1. The van der Waals surface area contributed by atoms with Gasteiger partial charge in [-0.3, -0.25) is 4.79 Å². The normalized spacial score (nSPS) is 29.2. The Balaban J connectivity index is 0.00000256. The SMILES string of the molecule is CCOC(=O)C1COCCC1(O)S(=O)(=O)[O-].[Na+]. The molecule has 94 valence electrons. The summed E-state index contributed by atoms with van der Waals surface area (Å²) in [6, 6.07) is 0. The Morgan fingerprint density at radius 1 is 1.65 bits per heavy atom. The predicted octanol–water partition coefficient (Wildman–Crippen LogP) is -4.18. The second kappa shape index (κ2) is 6.46. The van der Waals surface area contributed by atoms with Crippen molar-refractivity contribution in [3.8, 4) is 0 Å². The van der Waals surface area contributed by atoms with Crippen molar-refractivity contribution >= 4 is 16.1 Å². The topological polar surface area (TPSA) is 113 Å². The van der Waals surface area contributed by atoms with Crippen molar-refractivity contribution in [1.82, 2.24) is 0 Å². The fraction of sp³-hybridized carbons (Fsp3) is 0.875. The molecular weight excluding hydrogens is 263 g/mol. The molecule has 0 spiro atoms. The average Bonchev–Trinajstić information content (AvgIpc) is 2.17. The van der Waals surface area contributed by atoms with Crippen molar-refractivity contribution in [2.45, 2.75) is 18.3 Å². The van der Waals surface area contributed by atoms with Gasteiger partial charge in [0.15, 0.2) is 4.93 Å². The minimum absolute atomic E-state index is 0. The van der Waals surface area contributed by atoms with Crippen LogP contribution in [0.15, 0.2) is 0 Å². The smallest absolute Gasteiger partial charge is 0.746 e. The van der Waals surface area contributed by atoms with Crippen LogP contribution < -0.4 is 29.6 Å². The Hall–Kier alpha value is 0.300. The van der Waals surface area contributed by atoms with Crippen LogP contribution in [0.3, 0.4) is 0 Å². The van der Waals surface area contributed by atoms with Crippen LogP contribution in [0.4, 0.5) is 0 Å². The number of ether oxygens (including phenoxy) is 2. The monoisotopic (exact) mass is 276 g/mol. The van der Waals surface area contributed by atoms with Crippen LogP contribution in [0.25, 0.3) is 0 Å². The molecule has 0 radical (unpaired) electrons. The number of rotatable bonds is 3. The largest absolute Gasteiger partial charge is 1.00 e. The van der Waals surface area contributed by atoms with Gasteiger partial charge in [0.05, 0.1) is 19.8 Å². The van der Waals surface area contributed by atoms with Crippen LogP contribution in [0, 0.1) is 5.92 Å². The molecule has 1 aliphatic rings. The summed E-state index contributed by atoms with van der Waals surface area (Å²) in [7, 11) is -5.01. The molecule has 2 unspecified atom stereocenters. The van der Waals surface area contributed by atoms with Gasteiger partial charge in [-0.25, -0.2) is 8.42 Å². The van der Waals surface area contributed by atoms with Gasteiger partial charge in [0.25, 0.3) is 0 Å². The van der Waals surface area contributed by atoms with E-state index in [4.69, 9.17) is 4.74 Å². The Labute approximate surface area is 122 Å². The molecule has 0 bridgehead atoms. The first-order valence-electron chi connectivity index (χ1n) is 4.75. The molecule has 7 nitrogen and oxygen atoms in total. The molecule has 9 heteroatoms. The third-order valence-corrected chi connectivity index (χ3v) is 3.79. The molecule has 1 N–H and O–H groups in total. The van der Waals surface area contributed by atoms with E-state index in [1.54, 1.807) is 0 Å². The molecule has 0 aromatic carbocycles. The summed E-state index contributed by atoms with van der Waals surface area (Å²) in [5, 5.41) is 9.78. The summed E-state index contributed by atoms with van der Waals surface area (Å²) < 4.78 is 42.3. The van der Waals surface area contributed by atoms with Crippen molar-refractivity contribution in [2.24, 2.45) is 5.92 Å². The molecular formula is C8H13NaO7S. The predicted molar refractivity (Wildman–Crippen MR) is 50.2 cm³/mol. The average molecular weight is 276 g/mol. The van der Waals surface area contributed by atoms with Gasteiger partial charge >= 0.3 is 35.5 Å². The summed E-state index contributed by atoms with van der Waals surface area (Å²) in [6.07, 6.45) is -0.428. The van der Waals surface area contributed by atoms with Gasteiger partial charge in [-0.1, -0.05) is 0 Å². The maximum absolute atomic E-state index is 11.4. The van der Waals surface area contributed by atoms with Gasteiger partial charge in [-0.05, 0) is 6.92 Å². The number of aliphatic hydroxyl groups is 1. The summed E-state index contributed by atoms with van der Waals surface area (Å²) in [6.45, 7) is 1.14. The zero-order valence-electron chi connectivity index (χ0n) is 9.71. The first-order valence-corrected chi connectivity index (χ1v) is 6.16. The molecule has 0 aromatic heterocycles. The van der Waals surface area contributed by atoms with Gasteiger partial charge in [-0.15, -0.1) is 0 Å². The molecule has 1 aliphatic heterocycles. The first kappa shape index (κ1) is 17.3. The molecule has 1 rings (SSSR count). The quantitative estimate of drug-likeness (QED) is 0.316. The molecule has 1 fully saturated rings. The van der Waals surface area contributed by atoms with E-state index in [0.29, 0.717) is 0 Å². The molecule has 0 amide bonds. The molecule has 17 heavy (non-hydrogen) atoms. The van der Waals surface area contributed by atoms with Crippen molar-refractivity contribution < 1.29 is 61.9 Å². The molecule has 0 aromatic rings. The number of carbonyl (C=O) groups is 1. The van der Waals surface area contributed by atoms with Crippen LogP contribution >= 0.6 is 0 Å². The number of hydrogen-bond donors (Lipinski definition) is 1. The second-order valence-corrected chi connectivity index (χ2v) is 5.04. The van der Waals surface area contributed by atoms with Crippen LogP contribution in [-0.2, 0) is 24.4 Å². The summed E-state index contributed by atoms with van der Waals surface area (Å²) in [4.78, 5) is 8.77. The van der Waals surface area contributed by atoms with E-state index < -0.39 is 33.4 Å². The van der Waals surface area contributed by atoms with Crippen LogP contribution in [0.1, 0.15) is 13.3 Å². The fourth-order valence-corrected chi connectivity index (χ4v) is 2.36. The van der Waals surface area contributed by atoms with Crippen LogP contribution in [-0.4, -0.2) is 48.8 Å². The Bertz CT molecular complexity index is 368. The van der Waals surface area contributed by atoms with Crippen molar-refractivity contribution in [3.63, 3.8) is 0 Å². The molecule has 0 aliphatic carbocycles. The van der Waals surface area contributed by atoms with Crippen LogP contribution in [0.2, 0.25) is 0 Å². The summed E-state index contributed by atoms with van der Waals surface area (Å²) in [5.74, 6) is -2.42. The van der Waals surface area contributed by atoms with E-state index in [1.807, 2.05) is 0 Å². The van der Waals surface area contributed by atoms with Gasteiger partial charge in [0.1, 0.15) is 16.0 Å². The standard InChI is InChI=1S/C8H14O7S.Na/c1-2-15-7(9)6-5-14-4-3-8(6,10)16(11,12)13;/h6,10H,2-5H2,1H3,(H,11,12,13);/q;+1/p-1. The van der Waals surface area contributed by atoms with E-state index in [9.17, 15) is 22.9 Å². The number of hydrogen-bond acceptors (Lipinski definition) is 7.